The minimum absolute atomic E-state index is 0.144. The largest absolute Gasteiger partial charge is 0.483 e. The molecule has 2 N–H and O–H groups in total. The summed E-state index contributed by atoms with van der Waals surface area (Å²) < 4.78 is 5.85. The van der Waals surface area contributed by atoms with Crippen molar-refractivity contribution in [3.63, 3.8) is 0 Å². The fraction of sp³-hybridized carbons (Fsp3) is 0.259. The Hall–Kier alpha value is -3.60. The Morgan fingerprint density at radius 2 is 1.47 bits per heavy atom. The summed E-state index contributed by atoms with van der Waals surface area (Å²) in [6.45, 7) is -0.145. The molecule has 0 radical (unpaired) electrons. The number of hydrogen-bond donors (Lipinski definition) is 2. The highest BCUT2D eigenvalue weighted by Crippen LogP contribution is 2.21. The number of ether oxygens (including phenoxy) is 1. The first kappa shape index (κ1) is 21.6. The van der Waals surface area contributed by atoms with Crippen LogP contribution in [0.25, 0.3) is 0 Å². The van der Waals surface area contributed by atoms with Gasteiger partial charge in [0.05, 0.1) is 0 Å². The van der Waals surface area contributed by atoms with Crippen molar-refractivity contribution < 1.29 is 14.3 Å². The van der Waals surface area contributed by atoms with Crippen molar-refractivity contribution in [3.8, 4) is 5.75 Å². The van der Waals surface area contributed by atoms with Crippen LogP contribution < -0.4 is 15.4 Å². The van der Waals surface area contributed by atoms with Crippen LogP contribution in [-0.4, -0.2) is 30.5 Å². The number of carbonyl (C=O) groups is 2. The predicted octanol–water partition coefficient (Wildman–Crippen LogP) is 3.66. The van der Waals surface area contributed by atoms with Gasteiger partial charge >= 0.3 is 0 Å². The van der Waals surface area contributed by atoms with Crippen molar-refractivity contribution in [1.29, 1.82) is 0 Å². The van der Waals surface area contributed by atoms with E-state index in [2.05, 4.69) is 22.8 Å². The van der Waals surface area contributed by atoms with E-state index in [1.165, 1.54) is 5.56 Å². The van der Waals surface area contributed by atoms with Crippen molar-refractivity contribution in [1.82, 2.24) is 10.6 Å². The Morgan fingerprint density at radius 3 is 2.16 bits per heavy atom. The van der Waals surface area contributed by atoms with Gasteiger partial charge < -0.3 is 15.4 Å². The average Bonchev–Trinajstić information content (AvgIpc) is 3.63. The molecular formula is C27H28N2O3. The lowest BCUT2D eigenvalue weighted by atomic mass is 10.0. The van der Waals surface area contributed by atoms with Crippen LogP contribution in [0, 0.1) is 0 Å². The van der Waals surface area contributed by atoms with E-state index in [9.17, 15) is 9.59 Å². The molecule has 32 heavy (non-hydrogen) atoms. The summed E-state index contributed by atoms with van der Waals surface area (Å²) in [7, 11) is 0. The molecule has 3 aromatic carbocycles. The van der Waals surface area contributed by atoms with Crippen molar-refractivity contribution >= 4 is 11.8 Å². The molecule has 4 rings (SSSR count). The number of benzene rings is 3. The zero-order valence-corrected chi connectivity index (χ0v) is 18.0. The normalized spacial score (nSPS) is 13.8. The smallest absolute Gasteiger partial charge is 0.258 e. The third-order valence-corrected chi connectivity index (χ3v) is 5.43. The van der Waals surface area contributed by atoms with Crippen LogP contribution in [0.15, 0.2) is 84.9 Å². The first-order valence-electron chi connectivity index (χ1n) is 11.1. The SMILES string of the molecule is O=C(COc1ccccc1Cc1ccccc1)NC(Cc1ccccc1)C(=O)NC1CC1. The molecule has 0 bridgehead atoms. The lowest BCUT2D eigenvalue weighted by molar-refractivity contribution is -0.130. The van der Waals surface area contributed by atoms with E-state index < -0.39 is 6.04 Å². The average molecular weight is 429 g/mol. The van der Waals surface area contributed by atoms with Gasteiger partial charge in [0.1, 0.15) is 11.8 Å². The molecule has 2 amide bonds. The second-order valence-electron chi connectivity index (χ2n) is 8.15. The van der Waals surface area contributed by atoms with Crippen LogP contribution in [0.5, 0.6) is 5.75 Å². The fourth-order valence-corrected chi connectivity index (χ4v) is 3.57. The van der Waals surface area contributed by atoms with Crippen LogP contribution in [0.4, 0.5) is 0 Å². The molecule has 3 aromatic rings. The van der Waals surface area contributed by atoms with Gasteiger partial charge in [-0.3, -0.25) is 9.59 Å². The van der Waals surface area contributed by atoms with Crippen molar-refractivity contribution in [3.05, 3.63) is 102 Å². The summed E-state index contributed by atoms with van der Waals surface area (Å²) in [6, 6.07) is 27.2. The summed E-state index contributed by atoms with van der Waals surface area (Å²) in [5.41, 5.74) is 3.18. The highest BCUT2D eigenvalue weighted by Gasteiger charge is 2.28. The van der Waals surface area contributed by atoms with Gasteiger partial charge in [-0.2, -0.15) is 0 Å². The van der Waals surface area contributed by atoms with Crippen molar-refractivity contribution in [2.24, 2.45) is 0 Å². The van der Waals surface area contributed by atoms with Crippen LogP contribution in [0.2, 0.25) is 0 Å². The molecule has 5 nitrogen and oxygen atoms in total. The highest BCUT2D eigenvalue weighted by atomic mass is 16.5. The molecule has 0 aromatic heterocycles. The molecule has 164 valence electrons. The van der Waals surface area contributed by atoms with Gasteiger partial charge in [0.15, 0.2) is 6.61 Å². The summed E-state index contributed by atoms with van der Waals surface area (Å²) in [4.78, 5) is 25.4. The Labute approximate surface area is 188 Å². The zero-order chi connectivity index (χ0) is 22.2. The number of para-hydroxylation sites is 1. The van der Waals surface area contributed by atoms with Crippen LogP contribution in [-0.2, 0) is 22.4 Å². The lowest BCUT2D eigenvalue weighted by Crippen LogP contribution is -2.49. The van der Waals surface area contributed by atoms with Crippen LogP contribution in [0.1, 0.15) is 29.5 Å². The molecule has 1 aliphatic rings. The maximum atomic E-state index is 12.7. The molecule has 1 fully saturated rings. The first-order chi connectivity index (χ1) is 15.7. The van der Waals surface area contributed by atoms with E-state index in [0.29, 0.717) is 12.2 Å². The second kappa shape index (κ2) is 10.6. The Balaban J connectivity index is 1.37. The number of rotatable bonds is 10. The maximum absolute atomic E-state index is 12.7. The summed E-state index contributed by atoms with van der Waals surface area (Å²) in [6.07, 6.45) is 3.16. The van der Waals surface area contributed by atoms with Crippen molar-refractivity contribution in [2.75, 3.05) is 6.61 Å². The zero-order valence-electron chi connectivity index (χ0n) is 18.0. The van der Waals surface area contributed by atoms with E-state index >= 15 is 0 Å². The number of carbonyl (C=O) groups excluding carboxylic acids is 2. The van der Waals surface area contributed by atoms with Crippen LogP contribution >= 0.6 is 0 Å². The van der Waals surface area contributed by atoms with Gasteiger partial charge in [-0.05, 0) is 35.6 Å². The molecule has 1 saturated carbocycles. The molecule has 1 aliphatic carbocycles. The van der Waals surface area contributed by atoms with E-state index in [1.807, 2.05) is 72.8 Å². The van der Waals surface area contributed by atoms with Gasteiger partial charge in [-0.1, -0.05) is 78.9 Å². The second-order valence-corrected chi connectivity index (χ2v) is 8.15. The minimum Gasteiger partial charge on any atom is -0.483 e. The molecule has 1 atom stereocenters. The standard InChI is InChI=1S/C27H28N2O3/c30-26(19-32-25-14-8-7-13-22(25)17-20-9-3-1-4-10-20)29-24(27(31)28-23-15-16-23)18-21-11-5-2-6-12-21/h1-14,23-24H,15-19H2,(H,28,31)(H,29,30). The Bertz CT molecular complexity index is 1030. The molecule has 5 heteroatoms. The molecular weight excluding hydrogens is 400 g/mol. The number of amides is 2. The Morgan fingerprint density at radius 1 is 0.844 bits per heavy atom. The summed E-state index contributed by atoms with van der Waals surface area (Å²) >= 11 is 0. The quantitative estimate of drug-likeness (QED) is 0.518. The van der Waals surface area contributed by atoms with Crippen molar-refractivity contribution in [2.45, 2.75) is 37.8 Å². The molecule has 1 unspecified atom stereocenters. The first-order valence-corrected chi connectivity index (χ1v) is 11.1. The van der Waals surface area contributed by atoms with Gasteiger partial charge in [0.25, 0.3) is 5.91 Å². The third kappa shape index (κ3) is 6.45. The topological polar surface area (TPSA) is 67.4 Å². The summed E-state index contributed by atoms with van der Waals surface area (Å²) in [5.74, 6) is 0.217. The van der Waals surface area contributed by atoms with Gasteiger partial charge in [-0.25, -0.2) is 0 Å². The number of hydrogen-bond acceptors (Lipinski definition) is 3. The summed E-state index contributed by atoms with van der Waals surface area (Å²) in [5, 5.41) is 5.86. The maximum Gasteiger partial charge on any atom is 0.258 e. The van der Waals surface area contributed by atoms with E-state index in [-0.39, 0.29) is 24.5 Å². The van der Waals surface area contributed by atoms with Gasteiger partial charge in [0, 0.05) is 18.9 Å². The van der Waals surface area contributed by atoms with E-state index in [0.717, 1.165) is 30.4 Å². The fourth-order valence-electron chi connectivity index (χ4n) is 3.57. The van der Waals surface area contributed by atoms with E-state index in [4.69, 9.17) is 4.74 Å². The van der Waals surface area contributed by atoms with Gasteiger partial charge in [-0.15, -0.1) is 0 Å². The minimum atomic E-state index is -0.631. The third-order valence-electron chi connectivity index (χ3n) is 5.43. The monoisotopic (exact) mass is 428 g/mol. The van der Waals surface area contributed by atoms with Gasteiger partial charge in [0.2, 0.25) is 5.91 Å². The Kier molecular flexibility index (Phi) is 7.18. The number of nitrogens with one attached hydrogen (secondary N) is 2. The van der Waals surface area contributed by atoms with Crippen LogP contribution in [0.3, 0.4) is 0 Å². The molecule has 0 heterocycles. The lowest BCUT2D eigenvalue weighted by Gasteiger charge is -2.19. The van der Waals surface area contributed by atoms with E-state index in [1.54, 1.807) is 0 Å². The highest BCUT2D eigenvalue weighted by molar-refractivity contribution is 5.88. The molecule has 0 saturated heterocycles. The molecule has 0 aliphatic heterocycles. The molecule has 0 spiro atoms. The predicted molar refractivity (Wildman–Crippen MR) is 124 cm³/mol.